The third-order valence-electron chi connectivity index (χ3n) is 2.24. The van der Waals surface area contributed by atoms with Crippen LogP contribution < -0.4 is 0 Å². The number of halogens is 1. The Hall–Kier alpha value is -1.49. The summed E-state index contributed by atoms with van der Waals surface area (Å²) in [6, 6.07) is 3.25. The van der Waals surface area contributed by atoms with Crippen LogP contribution in [0.3, 0.4) is 0 Å². The van der Waals surface area contributed by atoms with Crippen LogP contribution in [0.5, 0.6) is 0 Å². The van der Waals surface area contributed by atoms with Crippen LogP contribution in [-0.2, 0) is 0 Å². The number of nitrogens with zero attached hydrogens (tertiary/aromatic N) is 3. The highest BCUT2D eigenvalue weighted by molar-refractivity contribution is 7.23. The van der Waals surface area contributed by atoms with Crippen molar-refractivity contribution in [3.05, 3.63) is 29.8 Å². The topological polar surface area (TPSA) is 30.2 Å². The van der Waals surface area contributed by atoms with Gasteiger partial charge in [0.2, 0.25) is 4.96 Å². The van der Waals surface area contributed by atoms with Gasteiger partial charge in [0, 0.05) is 0 Å². The first-order valence-corrected chi connectivity index (χ1v) is 4.96. The molecule has 0 radical (unpaired) electrons. The molecule has 3 rings (SSSR count). The van der Waals surface area contributed by atoms with E-state index in [1.165, 1.54) is 17.4 Å². The molecule has 0 saturated heterocycles. The Morgan fingerprint density at radius 3 is 3.14 bits per heavy atom. The van der Waals surface area contributed by atoms with Crippen molar-refractivity contribution in [2.45, 2.75) is 6.92 Å². The molecular weight excluding hydrogens is 201 g/mol. The largest absolute Gasteiger partial charge is 0.272 e. The van der Waals surface area contributed by atoms with E-state index in [1.54, 1.807) is 12.4 Å². The fourth-order valence-corrected chi connectivity index (χ4v) is 2.61. The smallest absolute Gasteiger partial charge is 0.217 e. The van der Waals surface area contributed by atoms with Crippen LogP contribution in [0.2, 0.25) is 0 Å². The van der Waals surface area contributed by atoms with E-state index in [-0.39, 0.29) is 5.82 Å². The second-order valence-corrected chi connectivity index (χ2v) is 4.11. The predicted molar refractivity (Wildman–Crippen MR) is 53.1 cm³/mol. The van der Waals surface area contributed by atoms with Crippen molar-refractivity contribution < 1.29 is 4.39 Å². The Morgan fingerprint density at radius 2 is 2.29 bits per heavy atom. The van der Waals surface area contributed by atoms with Crippen molar-refractivity contribution in [1.82, 2.24) is 14.6 Å². The molecular formula is C9H6FN3S. The van der Waals surface area contributed by atoms with Crippen LogP contribution in [-0.4, -0.2) is 14.6 Å². The van der Waals surface area contributed by atoms with Crippen LogP contribution in [0, 0.1) is 12.7 Å². The van der Waals surface area contributed by atoms with E-state index in [9.17, 15) is 4.39 Å². The highest BCUT2D eigenvalue weighted by atomic mass is 32.1. The molecule has 0 atom stereocenters. The number of fused-ring (bicyclic) bond motifs is 3. The van der Waals surface area contributed by atoms with Gasteiger partial charge in [-0.1, -0.05) is 17.4 Å². The van der Waals surface area contributed by atoms with Crippen molar-refractivity contribution in [2.24, 2.45) is 0 Å². The number of benzene rings is 1. The summed E-state index contributed by atoms with van der Waals surface area (Å²) in [5.74, 6) is -0.193. The number of rotatable bonds is 0. The number of thiazole rings is 1. The molecule has 0 aliphatic rings. The van der Waals surface area contributed by atoms with Gasteiger partial charge in [-0.2, -0.15) is 0 Å². The van der Waals surface area contributed by atoms with Gasteiger partial charge in [-0.05, 0) is 18.6 Å². The molecule has 0 fully saturated rings. The van der Waals surface area contributed by atoms with Crippen LogP contribution in [0.1, 0.15) is 5.56 Å². The lowest BCUT2D eigenvalue weighted by Gasteiger charge is -1.96. The number of hydrogen-bond acceptors (Lipinski definition) is 3. The predicted octanol–water partition coefficient (Wildman–Crippen LogP) is 2.39. The van der Waals surface area contributed by atoms with E-state index >= 15 is 0 Å². The lowest BCUT2D eigenvalue weighted by molar-refractivity contribution is 0.641. The maximum Gasteiger partial charge on any atom is 0.217 e. The molecule has 0 aliphatic carbocycles. The molecule has 70 valence electrons. The Balaban J connectivity index is 2.68. The van der Waals surface area contributed by atoms with Crippen molar-refractivity contribution in [2.75, 3.05) is 0 Å². The van der Waals surface area contributed by atoms with Gasteiger partial charge in [0.1, 0.15) is 12.1 Å². The number of aryl methyl sites for hydroxylation is 1. The molecule has 0 unspecified atom stereocenters. The van der Waals surface area contributed by atoms with Gasteiger partial charge in [-0.3, -0.25) is 4.40 Å². The second-order valence-electron chi connectivity index (χ2n) is 3.13. The minimum Gasteiger partial charge on any atom is -0.272 e. The third-order valence-corrected chi connectivity index (χ3v) is 3.29. The van der Waals surface area contributed by atoms with Gasteiger partial charge in [0.15, 0.2) is 0 Å². The van der Waals surface area contributed by atoms with Gasteiger partial charge >= 0.3 is 0 Å². The molecule has 5 heteroatoms. The van der Waals surface area contributed by atoms with E-state index in [2.05, 4.69) is 10.2 Å². The highest BCUT2D eigenvalue weighted by Gasteiger charge is 2.11. The number of hydrogen-bond donors (Lipinski definition) is 0. The zero-order valence-electron chi connectivity index (χ0n) is 7.36. The van der Waals surface area contributed by atoms with E-state index in [1.807, 2.05) is 11.3 Å². The molecule has 3 nitrogen and oxygen atoms in total. The maximum absolute atomic E-state index is 13.4. The molecule has 1 aromatic carbocycles. The van der Waals surface area contributed by atoms with Crippen molar-refractivity contribution in [3.8, 4) is 0 Å². The summed E-state index contributed by atoms with van der Waals surface area (Å²) in [6.45, 7) is 1.95. The zero-order chi connectivity index (χ0) is 9.71. The lowest BCUT2D eigenvalue weighted by atomic mass is 10.2. The average molecular weight is 207 g/mol. The van der Waals surface area contributed by atoms with Gasteiger partial charge in [-0.15, -0.1) is 10.2 Å². The lowest BCUT2D eigenvalue weighted by Crippen LogP contribution is -1.84. The molecule has 2 heterocycles. The van der Waals surface area contributed by atoms with Gasteiger partial charge in [0.25, 0.3) is 0 Å². The second kappa shape index (κ2) is 2.51. The molecule has 0 saturated carbocycles. The van der Waals surface area contributed by atoms with Crippen LogP contribution in [0.4, 0.5) is 4.39 Å². The normalized spacial score (nSPS) is 11.6. The molecule has 0 N–H and O–H groups in total. The Bertz CT molecular complexity index is 625. The summed E-state index contributed by atoms with van der Waals surface area (Å²) < 4.78 is 15.9. The SMILES string of the molecule is Cc1ccc(F)c2sc3nncn3c12. The first-order chi connectivity index (χ1) is 6.77. The third kappa shape index (κ3) is 0.846. The van der Waals surface area contributed by atoms with Gasteiger partial charge < -0.3 is 0 Å². The van der Waals surface area contributed by atoms with Crippen LogP contribution >= 0.6 is 11.3 Å². The number of aromatic nitrogens is 3. The summed E-state index contributed by atoms with van der Waals surface area (Å²) in [6.07, 6.45) is 1.61. The van der Waals surface area contributed by atoms with Gasteiger partial charge in [-0.25, -0.2) is 4.39 Å². The van der Waals surface area contributed by atoms with E-state index in [4.69, 9.17) is 0 Å². The standard InChI is InChI=1S/C9H6FN3S/c1-5-2-3-6(10)8-7(5)13-4-11-12-9(13)14-8/h2-4H,1H3. The average Bonchev–Trinajstić information content (AvgIpc) is 2.70. The van der Waals surface area contributed by atoms with E-state index in [0.29, 0.717) is 4.70 Å². The summed E-state index contributed by atoms with van der Waals surface area (Å²) in [5, 5.41) is 7.69. The van der Waals surface area contributed by atoms with Crippen LogP contribution in [0.15, 0.2) is 18.5 Å². The van der Waals surface area contributed by atoms with Crippen molar-refractivity contribution >= 4 is 26.5 Å². The first-order valence-electron chi connectivity index (χ1n) is 4.15. The Morgan fingerprint density at radius 1 is 1.43 bits per heavy atom. The Labute approximate surface area is 82.8 Å². The van der Waals surface area contributed by atoms with E-state index < -0.39 is 0 Å². The highest BCUT2D eigenvalue weighted by Crippen LogP contribution is 2.29. The minimum absolute atomic E-state index is 0.193. The van der Waals surface area contributed by atoms with Crippen molar-refractivity contribution in [3.63, 3.8) is 0 Å². The van der Waals surface area contributed by atoms with Gasteiger partial charge in [0.05, 0.1) is 10.2 Å². The minimum atomic E-state index is -0.193. The fourth-order valence-electron chi connectivity index (χ4n) is 1.58. The quantitative estimate of drug-likeness (QED) is 0.566. The summed E-state index contributed by atoms with van der Waals surface area (Å²) >= 11 is 1.32. The molecule has 0 aliphatic heterocycles. The summed E-state index contributed by atoms with van der Waals surface area (Å²) in [4.78, 5) is 0.730. The fraction of sp³-hybridized carbons (Fsp3) is 0.111. The molecule has 3 aromatic rings. The first kappa shape index (κ1) is 7.87. The molecule has 0 spiro atoms. The molecule has 2 aromatic heterocycles. The van der Waals surface area contributed by atoms with E-state index in [0.717, 1.165) is 16.0 Å². The summed E-state index contributed by atoms with van der Waals surface area (Å²) in [7, 11) is 0. The van der Waals surface area contributed by atoms with Crippen molar-refractivity contribution in [1.29, 1.82) is 0 Å². The maximum atomic E-state index is 13.4. The zero-order valence-corrected chi connectivity index (χ0v) is 8.18. The molecule has 14 heavy (non-hydrogen) atoms. The molecule has 0 bridgehead atoms. The monoisotopic (exact) mass is 207 g/mol. The Kier molecular flexibility index (Phi) is 1.41. The summed E-state index contributed by atoms with van der Waals surface area (Å²) in [5.41, 5.74) is 1.91. The van der Waals surface area contributed by atoms with Crippen LogP contribution in [0.25, 0.3) is 15.2 Å². The molecule has 0 amide bonds.